The number of aryl methyl sites for hydroxylation is 1. The van der Waals surface area contributed by atoms with Gasteiger partial charge in [0, 0.05) is 47.7 Å². The molecule has 0 amide bonds. The molecule has 102 valence electrons. The number of benzene rings is 1. The van der Waals surface area contributed by atoms with Crippen LogP contribution in [-0.4, -0.2) is 14.8 Å². The number of hydrogen-bond donors (Lipinski definition) is 1. The third kappa shape index (κ3) is 2.88. The highest BCUT2D eigenvalue weighted by Crippen LogP contribution is 2.24. The lowest BCUT2D eigenvalue weighted by molar-refractivity contribution is 0.659. The van der Waals surface area contributed by atoms with Crippen LogP contribution in [0.4, 0.5) is 5.69 Å². The second-order valence-electron chi connectivity index (χ2n) is 4.48. The highest BCUT2D eigenvalue weighted by atomic mass is 32.1. The summed E-state index contributed by atoms with van der Waals surface area (Å²) in [4.78, 5) is 4.34. The lowest BCUT2D eigenvalue weighted by atomic mass is 10.2. The quantitative estimate of drug-likeness (QED) is 0.778. The molecule has 0 aliphatic heterocycles. The summed E-state index contributed by atoms with van der Waals surface area (Å²) in [6, 6.07) is 8.33. The van der Waals surface area contributed by atoms with Crippen molar-refractivity contribution >= 4 is 17.0 Å². The van der Waals surface area contributed by atoms with E-state index >= 15 is 0 Å². The van der Waals surface area contributed by atoms with Gasteiger partial charge in [-0.2, -0.15) is 5.10 Å². The van der Waals surface area contributed by atoms with Crippen LogP contribution in [0.1, 0.15) is 12.5 Å². The zero-order valence-electron chi connectivity index (χ0n) is 11.3. The molecule has 0 saturated carbocycles. The third-order valence-corrected chi connectivity index (χ3v) is 3.87. The summed E-state index contributed by atoms with van der Waals surface area (Å²) in [6.45, 7) is 3.77. The number of hydrogen-bond acceptors (Lipinski definition) is 4. The Hall–Kier alpha value is -2.14. The Bertz CT molecular complexity index is 673. The summed E-state index contributed by atoms with van der Waals surface area (Å²) in [5.74, 6) is 0. The van der Waals surface area contributed by atoms with E-state index in [0.717, 1.165) is 29.3 Å². The van der Waals surface area contributed by atoms with Crippen molar-refractivity contribution in [1.29, 1.82) is 0 Å². The van der Waals surface area contributed by atoms with E-state index in [-0.39, 0.29) is 0 Å². The standard InChI is InChI=1S/C15H16N4S/c1-2-19-11-12(10-18-19)9-17-14-5-3-4-13(8-14)15-16-6-7-20-15/h3-8,10-11,17H,2,9H2,1H3. The monoisotopic (exact) mass is 284 g/mol. The number of nitrogens with one attached hydrogen (secondary N) is 1. The summed E-state index contributed by atoms with van der Waals surface area (Å²) in [6.07, 6.45) is 5.80. The molecule has 2 heterocycles. The predicted molar refractivity (Wildman–Crippen MR) is 82.8 cm³/mol. The first-order valence-electron chi connectivity index (χ1n) is 6.60. The van der Waals surface area contributed by atoms with E-state index in [9.17, 15) is 0 Å². The van der Waals surface area contributed by atoms with Crippen molar-refractivity contribution in [2.45, 2.75) is 20.0 Å². The molecule has 3 aromatic rings. The van der Waals surface area contributed by atoms with E-state index in [4.69, 9.17) is 0 Å². The Kier molecular flexibility index (Phi) is 3.78. The number of aromatic nitrogens is 3. The van der Waals surface area contributed by atoms with Gasteiger partial charge in [0.2, 0.25) is 0 Å². The molecule has 0 spiro atoms. The van der Waals surface area contributed by atoms with Crippen molar-refractivity contribution < 1.29 is 0 Å². The van der Waals surface area contributed by atoms with E-state index in [1.165, 1.54) is 5.56 Å². The fourth-order valence-electron chi connectivity index (χ4n) is 2.00. The van der Waals surface area contributed by atoms with Gasteiger partial charge in [0.1, 0.15) is 5.01 Å². The zero-order valence-corrected chi connectivity index (χ0v) is 12.1. The van der Waals surface area contributed by atoms with Gasteiger partial charge in [-0.15, -0.1) is 11.3 Å². The molecule has 0 radical (unpaired) electrons. The van der Waals surface area contributed by atoms with Crippen LogP contribution in [0, 0.1) is 0 Å². The predicted octanol–water partition coefficient (Wildman–Crippen LogP) is 3.64. The van der Waals surface area contributed by atoms with Gasteiger partial charge in [-0.05, 0) is 19.1 Å². The Labute approximate surface area is 122 Å². The number of anilines is 1. The molecule has 0 saturated heterocycles. The minimum absolute atomic E-state index is 0.779. The topological polar surface area (TPSA) is 42.7 Å². The molecule has 1 aromatic carbocycles. The molecule has 0 aliphatic rings. The van der Waals surface area contributed by atoms with Gasteiger partial charge < -0.3 is 5.32 Å². The Morgan fingerprint density at radius 1 is 1.35 bits per heavy atom. The third-order valence-electron chi connectivity index (χ3n) is 3.05. The number of nitrogens with zero attached hydrogens (tertiary/aromatic N) is 3. The summed E-state index contributed by atoms with van der Waals surface area (Å²) in [5.41, 5.74) is 3.43. The van der Waals surface area contributed by atoms with E-state index in [1.807, 2.05) is 22.5 Å². The van der Waals surface area contributed by atoms with Crippen LogP contribution >= 0.6 is 11.3 Å². The first-order chi connectivity index (χ1) is 9.85. The maximum atomic E-state index is 4.34. The van der Waals surface area contributed by atoms with Crippen molar-refractivity contribution in [3.8, 4) is 10.6 Å². The zero-order chi connectivity index (χ0) is 13.8. The second kappa shape index (κ2) is 5.88. The van der Waals surface area contributed by atoms with Gasteiger partial charge in [0.15, 0.2) is 0 Å². The molecule has 0 unspecified atom stereocenters. The van der Waals surface area contributed by atoms with Gasteiger partial charge in [-0.1, -0.05) is 12.1 Å². The van der Waals surface area contributed by atoms with Gasteiger partial charge in [-0.25, -0.2) is 4.98 Å². The van der Waals surface area contributed by atoms with Crippen LogP contribution < -0.4 is 5.32 Å². The number of rotatable bonds is 5. The second-order valence-corrected chi connectivity index (χ2v) is 5.37. The molecule has 5 heteroatoms. The molecule has 0 aliphatic carbocycles. The smallest absolute Gasteiger partial charge is 0.123 e. The summed E-state index contributed by atoms with van der Waals surface area (Å²) in [5, 5.41) is 10.7. The largest absolute Gasteiger partial charge is 0.381 e. The van der Waals surface area contributed by atoms with Crippen LogP contribution in [0.3, 0.4) is 0 Å². The van der Waals surface area contributed by atoms with Crippen LogP contribution in [0.5, 0.6) is 0 Å². The summed E-state index contributed by atoms with van der Waals surface area (Å²) in [7, 11) is 0. The first kappa shape index (κ1) is 12.9. The fourth-order valence-corrected chi connectivity index (χ4v) is 2.64. The van der Waals surface area contributed by atoms with Gasteiger partial charge in [0.05, 0.1) is 6.20 Å². The SMILES string of the molecule is CCn1cc(CNc2cccc(-c3nccs3)c2)cn1. The van der Waals surface area contributed by atoms with Crippen LogP contribution in [0.25, 0.3) is 10.6 Å². The Balaban J connectivity index is 1.70. The fraction of sp³-hybridized carbons (Fsp3) is 0.200. The van der Waals surface area contributed by atoms with Crippen molar-refractivity contribution in [2.24, 2.45) is 0 Å². The van der Waals surface area contributed by atoms with E-state index in [2.05, 4.69) is 52.8 Å². The normalized spacial score (nSPS) is 10.7. The van der Waals surface area contributed by atoms with E-state index < -0.39 is 0 Å². The Morgan fingerprint density at radius 3 is 3.05 bits per heavy atom. The molecule has 0 fully saturated rings. The molecule has 0 atom stereocenters. The van der Waals surface area contributed by atoms with Crippen molar-refractivity contribution in [3.63, 3.8) is 0 Å². The minimum Gasteiger partial charge on any atom is -0.381 e. The maximum absolute atomic E-state index is 4.34. The van der Waals surface area contributed by atoms with Gasteiger partial charge >= 0.3 is 0 Å². The average Bonchev–Trinajstić information content (AvgIpc) is 3.17. The lowest BCUT2D eigenvalue weighted by Crippen LogP contribution is -1.98. The minimum atomic E-state index is 0.779. The number of thiazole rings is 1. The van der Waals surface area contributed by atoms with E-state index in [1.54, 1.807) is 11.3 Å². The average molecular weight is 284 g/mol. The van der Waals surface area contributed by atoms with Gasteiger partial charge in [0.25, 0.3) is 0 Å². The van der Waals surface area contributed by atoms with Gasteiger partial charge in [-0.3, -0.25) is 4.68 Å². The van der Waals surface area contributed by atoms with Crippen molar-refractivity contribution in [3.05, 3.63) is 53.8 Å². The Morgan fingerprint density at radius 2 is 2.30 bits per heavy atom. The molecule has 0 bridgehead atoms. The van der Waals surface area contributed by atoms with Crippen molar-refractivity contribution in [2.75, 3.05) is 5.32 Å². The molecule has 2 aromatic heterocycles. The summed E-state index contributed by atoms with van der Waals surface area (Å²) < 4.78 is 1.93. The molecular weight excluding hydrogens is 268 g/mol. The van der Waals surface area contributed by atoms with Crippen LogP contribution in [-0.2, 0) is 13.1 Å². The molecular formula is C15H16N4S. The highest BCUT2D eigenvalue weighted by molar-refractivity contribution is 7.13. The molecule has 1 N–H and O–H groups in total. The molecule has 3 rings (SSSR count). The first-order valence-corrected chi connectivity index (χ1v) is 7.48. The lowest BCUT2D eigenvalue weighted by Gasteiger charge is -2.06. The maximum Gasteiger partial charge on any atom is 0.123 e. The van der Waals surface area contributed by atoms with Crippen LogP contribution in [0.15, 0.2) is 48.2 Å². The summed E-state index contributed by atoms with van der Waals surface area (Å²) >= 11 is 1.65. The van der Waals surface area contributed by atoms with Crippen LogP contribution in [0.2, 0.25) is 0 Å². The van der Waals surface area contributed by atoms with E-state index in [0.29, 0.717) is 0 Å². The van der Waals surface area contributed by atoms with Crippen molar-refractivity contribution in [1.82, 2.24) is 14.8 Å². The molecule has 20 heavy (non-hydrogen) atoms. The highest BCUT2D eigenvalue weighted by Gasteiger charge is 2.02. The molecule has 4 nitrogen and oxygen atoms in total.